The van der Waals surface area contributed by atoms with Crippen molar-refractivity contribution in [3.8, 4) is 0 Å². The van der Waals surface area contributed by atoms with E-state index in [1.165, 1.54) is 0 Å². The third-order valence-electron chi connectivity index (χ3n) is 3.80. The van der Waals surface area contributed by atoms with Gasteiger partial charge in [0.2, 0.25) is 0 Å². The van der Waals surface area contributed by atoms with Crippen LogP contribution < -0.4 is 10.6 Å². The van der Waals surface area contributed by atoms with Crippen LogP contribution in [0.15, 0.2) is 48.8 Å². The molecule has 3 rings (SSSR count). The summed E-state index contributed by atoms with van der Waals surface area (Å²) in [5.41, 5.74) is 3.08. The molecule has 2 N–H and O–H groups in total. The number of rotatable bonds is 6. The molecule has 1 fully saturated rings. The number of anilines is 1. The second-order valence-electron chi connectivity index (χ2n) is 5.66. The maximum Gasteiger partial charge on any atom is 0.253 e. The third kappa shape index (κ3) is 4.61. The smallest absolute Gasteiger partial charge is 0.253 e. The summed E-state index contributed by atoms with van der Waals surface area (Å²) in [5.74, 6) is -0.0528. The number of aromatic nitrogens is 1. The third-order valence-corrected chi connectivity index (χ3v) is 3.80. The lowest BCUT2D eigenvalue weighted by Gasteiger charge is -2.11. The zero-order valence-electron chi connectivity index (χ0n) is 13.0. The van der Waals surface area contributed by atoms with E-state index in [0.717, 1.165) is 42.7 Å². The fourth-order valence-electron chi connectivity index (χ4n) is 2.62. The lowest BCUT2D eigenvalue weighted by Crippen LogP contribution is -2.26. The first-order valence-electron chi connectivity index (χ1n) is 7.92. The molecule has 23 heavy (non-hydrogen) atoms. The van der Waals surface area contributed by atoms with Gasteiger partial charge < -0.3 is 15.4 Å². The Kier molecular flexibility index (Phi) is 5.34. The van der Waals surface area contributed by atoms with Gasteiger partial charge in [0, 0.05) is 37.8 Å². The summed E-state index contributed by atoms with van der Waals surface area (Å²) in [4.78, 5) is 16.2. The monoisotopic (exact) mass is 311 g/mol. The average molecular weight is 311 g/mol. The van der Waals surface area contributed by atoms with Crippen LogP contribution in [0.3, 0.4) is 0 Å². The van der Waals surface area contributed by atoms with Crippen molar-refractivity contribution >= 4 is 11.6 Å². The van der Waals surface area contributed by atoms with E-state index in [2.05, 4.69) is 15.6 Å². The van der Waals surface area contributed by atoms with Crippen LogP contribution in [-0.4, -0.2) is 23.6 Å². The first-order valence-corrected chi connectivity index (χ1v) is 7.92. The van der Waals surface area contributed by atoms with Gasteiger partial charge in [-0.1, -0.05) is 18.2 Å². The van der Waals surface area contributed by atoms with Gasteiger partial charge in [-0.3, -0.25) is 9.78 Å². The van der Waals surface area contributed by atoms with Crippen LogP contribution in [0, 0.1) is 0 Å². The number of carbonyl (C=O) groups is 1. The van der Waals surface area contributed by atoms with Crippen LogP contribution in [0.25, 0.3) is 0 Å². The predicted molar refractivity (Wildman–Crippen MR) is 88.8 cm³/mol. The van der Waals surface area contributed by atoms with E-state index in [0.29, 0.717) is 6.61 Å². The topological polar surface area (TPSA) is 63.2 Å². The van der Waals surface area contributed by atoms with Crippen LogP contribution in [0.2, 0.25) is 0 Å². The van der Waals surface area contributed by atoms with Gasteiger partial charge in [0.15, 0.2) is 0 Å². The van der Waals surface area contributed by atoms with E-state index < -0.39 is 0 Å². The Labute approximate surface area is 136 Å². The average Bonchev–Trinajstić information content (AvgIpc) is 3.11. The molecule has 5 nitrogen and oxygen atoms in total. The van der Waals surface area contributed by atoms with Gasteiger partial charge in [-0.25, -0.2) is 0 Å². The van der Waals surface area contributed by atoms with E-state index in [9.17, 15) is 4.79 Å². The number of nitrogens with zero attached hydrogens (tertiary/aromatic N) is 1. The first kappa shape index (κ1) is 15.6. The molecule has 1 amide bonds. The maximum absolute atomic E-state index is 12.1. The second-order valence-corrected chi connectivity index (χ2v) is 5.66. The fourth-order valence-corrected chi connectivity index (χ4v) is 2.62. The van der Waals surface area contributed by atoms with Crippen molar-refractivity contribution in [2.24, 2.45) is 0 Å². The van der Waals surface area contributed by atoms with Crippen molar-refractivity contribution in [2.75, 3.05) is 11.9 Å². The molecule has 2 aromatic rings. The molecule has 1 aliphatic rings. The molecule has 1 aliphatic heterocycles. The Morgan fingerprint density at radius 2 is 2.09 bits per heavy atom. The minimum Gasteiger partial charge on any atom is -0.368 e. The quantitative estimate of drug-likeness (QED) is 0.860. The molecule has 0 radical (unpaired) electrons. The van der Waals surface area contributed by atoms with Crippen LogP contribution in [0.5, 0.6) is 0 Å². The predicted octanol–water partition coefficient (Wildman–Crippen LogP) is 2.49. The van der Waals surface area contributed by atoms with Gasteiger partial charge in [0.25, 0.3) is 5.91 Å². The normalized spacial score (nSPS) is 17.1. The Morgan fingerprint density at radius 1 is 1.22 bits per heavy atom. The highest BCUT2D eigenvalue weighted by Gasteiger charge is 2.23. The molecule has 1 aromatic carbocycles. The number of benzene rings is 1. The zero-order chi connectivity index (χ0) is 15.9. The standard InChI is InChI=1S/C18H21N3O2/c22-18(17-7-3-9-23-17)21-16-6-1-4-14(10-16)11-20-13-15-5-2-8-19-12-15/h1-2,4-6,8,10,12,17,20H,3,7,9,11,13H2,(H,21,22)/t17-/m0/s1. The highest BCUT2D eigenvalue weighted by Crippen LogP contribution is 2.16. The molecule has 0 spiro atoms. The van der Waals surface area contributed by atoms with Gasteiger partial charge in [0.1, 0.15) is 6.10 Å². The Morgan fingerprint density at radius 3 is 2.87 bits per heavy atom. The van der Waals surface area contributed by atoms with Crippen LogP contribution >= 0.6 is 0 Å². The molecule has 5 heteroatoms. The van der Waals surface area contributed by atoms with E-state index in [1.54, 1.807) is 6.20 Å². The summed E-state index contributed by atoms with van der Waals surface area (Å²) in [6.07, 6.45) is 5.08. The molecular weight excluding hydrogens is 290 g/mol. The molecule has 0 bridgehead atoms. The fraction of sp³-hybridized carbons (Fsp3) is 0.333. The van der Waals surface area contributed by atoms with Crippen LogP contribution in [0.4, 0.5) is 5.69 Å². The van der Waals surface area contributed by atoms with Crippen molar-refractivity contribution in [1.82, 2.24) is 10.3 Å². The van der Waals surface area contributed by atoms with Crippen LogP contribution in [-0.2, 0) is 22.6 Å². The summed E-state index contributed by atoms with van der Waals surface area (Å²) < 4.78 is 5.40. The molecule has 2 heterocycles. The van der Waals surface area contributed by atoms with Crippen molar-refractivity contribution in [3.63, 3.8) is 0 Å². The van der Waals surface area contributed by atoms with Crippen molar-refractivity contribution < 1.29 is 9.53 Å². The number of nitrogens with one attached hydrogen (secondary N) is 2. The van der Waals surface area contributed by atoms with E-state index >= 15 is 0 Å². The molecule has 0 saturated carbocycles. The number of amides is 1. The molecule has 1 atom stereocenters. The molecule has 120 valence electrons. The highest BCUT2D eigenvalue weighted by atomic mass is 16.5. The molecule has 1 saturated heterocycles. The highest BCUT2D eigenvalue weighted by molar-refractivity contribution is 5.94. The SMILES string of the molecule is O=C(Nc1cccc(CNCc2cccnc2)c1)[C@@H]1CCCO1. The summed E-state index contributed by atoms with van der Waals surface area (Å²) in [6.45, 7) is 2.18. The van der Waals surface area contributed by atoms with Gasteiger partial charge in [-0.2, -0.15) is 0 Å². The van der Waals surface area contributed by atoms with Crippen molar-refractivity contribution in [3.05, 3.63) is 59.9 Å². The molecule has 1 aromatic heterocycles. The van der Waals surface area contributed by atoms with Crippen molar-refractivity contribution in [1.29, 1.82) is 0 Å². The van der Waals surface area contributed by atoms with Gasteiger partial charge in [-0.05, 0) is 42.2 Å². The lowest BCUT2D eigenvalue weighted by molar-refractivity contribution is -0.124. The van der Waals surface area contributed by atoms with E-state index in [-0.39, 0.29) is 12.0 Å². The molecular formula is C18H21N3O2. The molecule has 0 aliphatic carbocycles. The number of pyridine rings is 1. The van der Waals surface area contributed by atoms with Crippen LogP contribution in [0.1, 0.15) is 24.0 Å². The minimum absolute atomic E-state index is 0.0528. The lowest BCUT2D eigenvalue weighted by atomic mass is 10.1. The number of carbonyl (C=O) groups excluding carboxylic acids is 1. The summed E-state index contributed by atoms with van der Waals surface area (Å²) in [5, 5.41) is 6.31. The minimum atomic E-state index is -0.303. The van der Waals surface area contributed by atoms with E-state index in [4.69, 9.17) is 4.74 Å². The van der Waals surface area contributed by atoms with Gasteiger partial charge in [-0.15, -0.1) is 0 Å². The summed E-state index contributed by atoms with van der Waals surface area (Å²) in [7, 11) is 0. The first-order chi connectivity index (χ1) is 11.3. The second kappa shape index (κ2) is 7.85. The zero-order valence-corrected chi connectivity index (χ0v) is 13.0. The Hall–Kier alpha value is -2.24. The van der Waals surface area contributed by atoms with E-state index in [1.807, 2.05) is 42.6 Å². The maximum atomic E-state index is 12.1. The van der Waals surface area contributed by atoms with Crippen molar-refractivity contribution in [2.45, 2.75) is 32.0 Å². The van der Waals surface area contributed by atoms with Gasteiger partial charge >= 0.3 is 0 Å². The number of hydrogen-bond acceptors (Lipinski definition) is 4. The Balaban J connectivity index is 1.51. The summed E-state index contributed by atoms with van der Waals surface area (Å²) in [6, 6.07) is 11.8. The number of hydrogen-bond donors (Lipinski definition) is 2. The largest absolute Gasteiger partial charge is 0.368 e. The molecule has 0 unspecified atom stereocenters. The van der Waals surface area contributed by atoms with Gasteiger partial charge in [0.05, 0.1) is 0 Å². The Bertz CT molecular complexity index is 640. The number of ether oxygens (including phenoxy) is 1. The summed E-state index contributed by atoms with van der Waals surface area (Å²) >= 11 is 0.